The molecule has 4 heterocycles. The second-order valence-corrected chi connectivity index (χ2v) is 5.33. The first-order chi connectivity index (χ1) is 11.2. The quantitative estimate of drug-likeness (QED) is 0.630. The Kier molecular flexibility index (Phi) is 3.04. The van der Waals surface area contributed by atoms with Crippen molar-refractivity contribution in [1.82, 2.24) is 29.1 Å². The molecule has 0 bridgehead atoms. The van der Waals surface area contributed by atoms with Crippen molar-refractivity contribution in [3.8, 4) is 11.3 Å². The Hall–Kier alpha value is -3.22. The predicted octanol–water partition coefficient (Wildman–Crippen LogP) is 2.58. The smallest absolute Gasteiger partial charge is 0.180 e. The summed E-state index contributed by atoms with van der Waals surface area (Å²) < 4.78 is 3.77. The minimum atomic E-state index is 0.702. The van der Waals surface area contributed by atoms with Gasteiger partial charge in [-0.15, -0.1) is 0 Å². The van der Waals surface area contributed by atoms with E-state index in [-0.39, 0.29) is 0 Å². The zero-order valence-corrected chi connectivity index (χ0v) is 12.8. The summed E-state index contributed by atoms with van der Waals surface area (Å²) in [4.78, 5) is 13.1. The van der Waals surface area contributed by atoms with E-state index in [0.29, 0.717) is 5.82 Å². The van der Waals surface area contributed by atoms with E-state index < -0.39 is 0 Å². The Bertz CT molecular complexity index is 983. The number of rotatable bonds is 3. The van der Waals surface area contributed by atoms with Gasteiger partial charge in [0.05, 0.1) is 18.1 Å². The van der Waals surface area contributed by atoms with Gasteiger partial charge in [0.25, 0.3) is 0 Å². The number of aryl methyl sites for hydroxylation is 2. The molecule has 4 rings (SSSR count). The van der Waals surface area contributed by atoms with E-state index in [9.17, 15) is 0 Å². The average molecular weight is 305 g/mol. The van der Waals surface area contributed by atoms with Gasteiger partial charge in [0.15, 0.2) is 11.5 Å². The van der Waals surface area contributed by atoms with Gasteiger partial charge in [0.2, 0.25) is 0 Å². The van der Waals surface area contributed by atoms with Gasteiger partial charge in [0, 0.05) is 48.8 Å². The first kappa shape index (κ1) is 13.4. The molecule has 0 saturated carbocycles. The molecule has 114 valence electrons. The molecular formula is C16H15N7. The SMILES string of the molecule is Cc1cc(Nc2nccn3c(-c4cnn(C)c4)cnc23)ccn1. The molecule has 7 nitrogen and oxygen atoms in total. The molecule has 4 aromatic heterocycles. The summed E-state index contributed by atoms with van der Waals surface area (Å²) in [5.41, 5.74) is 4.63. The Morgan fingerprint density at radius 3 is 2.78 bits per heavy atom. The number of hydrogen-bond donors (Lipinski definition) is 1. The molecule has 0 amide bonds. The topological polar surface area (TPSA) is 72.9 Å². The van der Waals surface area contributed by atoms with Crippen molar-refractivity contribution in [1.29, 1.82) is 0 Å². The molecule has 0 spiro atoms. The number of hydrogen-bond acceptors (Lipinski definition) is 5. The fourth-order valence-corrected chi connectivity index (χ4v) is 2.53. The van der Waals surface area contributed by atoms with Crippen LogP contribution in [-0.4, -0.2) is 29.1 Å². The molecule has 0 aliphatic carbocycles. The molecule has 0 aromatic carbocycles. The molecule has 0 unspecified atom stereocenters. The first-order valence-electron chi connectivity index (χ1n) is 7.21. The van der Waals surface area contributed by atoms with Crippen molar-refractivity contribution in [3.63, 3.8) is 0 Å². The van der Waals surface area contributed by atoms with Crippen molar-refractivity contribution in [3.05, 3.63) is 55.0 Å². The summed E-state index contributed by atoms with van der Waals surface area (Å²) in [7, 11) is 1.90. The van der Waals surface area contributed by atoms with E-state index in [1.165, 1.54) is 0 Å². The number of anilines is 2. The molecule has 0 aliphatic rings. The number of imidazole rings is 1. The van der Waals surface area contributed by atoms with Gasteiger partial charge in [-0.25, -0.2) is 9.97 Å². The number of pyridine rings is 1. The maximum Gasteiger partial charge on any atom is 0.180 e. The monoisotopic (exact) mass is 305 g/mol. The Morgan fingerprint density at radius 2 is 2.00 bits per heavy atom. The lowest BCUT2D eigenvalue weighted by atomic mass is 10.3. The second-order valence-electron chi connectivity index (χ2n) is 5.33. The molecule has 4 aromatic rings. The van der Waals surface area contributed by atoms with E-state index in [0.717, 1.165) is 28.3 Å². The van der Waals surface area contributed by atoms with Crippen molar-refractivity contribution in [2.45, 2.75) is 6.92 Å². The molecule has 0 saturated heterocycles. The van der Waals surface area contributed by atoms with Crippen LogP contribution in [0.15, 0.2) is 49.3 Å². The third-order valence-electron chi connectivity index (χ3n) is 3.59. The molecule has 0 radical (unpaired) electrons. The van der Waals surface area contributed by atoms with Crippen LogP contribution in [0.4, 0.5) is 11.5 Å². The van der Waals surface area contributed by atoms with E-state index in [1.807, 2.05) is 55.3 Å². The first-order valence-corrected chi connectivity index (χ1v) is 7.21. The molecule has 23 heavy (non-hydrogen) atoms. The number of nitrogens with one attached hydrogen (secondary N) is 1. The van der Waals surface area contributed by atoms with Gasteiger partial charge >= 0.3 is 0 Å². The van der Waals surface area contributed by atoms with E-state index in [4.69, 9.17) is 0 Å². The van der Waals surface area contributed by atoms with Gasteiger partial charge in [0.1, 0.15) is 0 Å². The third kappa shape index (κ3) is 2.42. The van der Waals surface area contributed by atoms with Crippen LogP contribution in [0.2, 0.25) is 0 Å². The summed E-state index contributed by atoms with van der Waals surface area (Å²) in [6, 6.07) is 3.87. The minimum absolute atomic E-state index is 0.702. The third-order valence-corrected chi connectivity index (χ3v) is 3.59. The van der Waals surface area contributed by atoms with Gasteiger partial charge in [-0.3, -0.25) is 14.1 Å². The maximum atomic E-state index is 4.51. The van der Waals surface area contributed by atoms with Crippen LogP contribution in [0.5, 0.6) is 0 Å². The number of fused-ring (bicyclic) bond motifs is 1. The fraction of sp³-hybridized carbons (Fsp3) is 0.125. The summed E-state index contributed by atoms with van der Waals surface area (Å²) >= 11 is 0. The van der Waals surface area contributed by atoms with Crippen LogP contribution in [-0.2, 0) is 7.05 Å². The van der Waals surface area contributed by atoms with Gasteiger partial charge < -0.3 is 5.32 Å². The van der Waals surface area contributed by atoms with Crippen LogP contribution in [0.3, 0.4) is 0 Å². The second kappa shape index (κ2) is 5.20. The van der Waals surface area contributed by atoms with Crippen molar-refractivity contribution in [2.24, 2.45) is 7.05 Å². The molecule has 0 fully saturated rings. The van der Waals surface area contributed by atoms with Crippen LogP contribution in [0.1, 0.15) is 5.69 Å². The molecule has 0 aliphatic heterocycles. The van der Waals surface area contributed by atoms with Crippen LogP contribution < -0.4 is 5.32 Å². The summed E-state index contributed by atoms with van der Waals surface area (Å²) in [6.07, 6.45) is 11.0. The van der Waals surface area contributed by atoms with E-state index in [1.54, 1.807) is 17.1 Å². The van der Waals surface area contributed by atoms with Gasteiger partial charge in [-0.05, 0) is 19.1 Å². The van der Waals surface area contributed by atoms with Gasteiger partial charge in [-0.2, -0.15) is 5.10 Å². The van der Waals surface area contributed by atoms with Crippen LogP contribution in [0, 0.1) is 6.92 Å². The highest BCUT2D eigenvalue weighted by molar-refractivity contribution is 5.73. The normalized spacial score (nSPS) is 11.0. The molecule has 1 N–H and O–H groups in total. The summed E-state index contributed by atoms with van der Waals surface area (Å²) in [5, 5.41) is 7.52. The Balaban J connectivity index is 1.78. The number of aromatic nitrogens is 6. The van der Waals surface area contributed by atoms with Crippen LogP contribution >= 0.6 is 0 Å². The van der Waals surface area contributed by atoms with Crippen molar-refractivity contribution >= 4 is 17.2 Å². The van der Waals surface area contributed by atoms with E-state index >= 15 is 0 Å². The Morgan fingerprint density at radius 1 is 1.09 bits per heavy atom. The molecule has 0 atom stereocenters. The average Bonchev–Trinajstić information content (AvgIpc) is 3.14. The fourth-order valence-electron chi connectivity index (χ4n) is 2.53. The zero-order valence-electron chi connectivity index (χ0n) is 12.8. The lowest BCUT2D eigenvalue weighted by Crippen LogP contribution is -1.99. The maximum absolute atomic E-state index is 4.51. The van der Waals surface area contributed by atoms with Crippen molar-refractivity contribution < 1.29 is 0 Å². The lowest BCUT2D eigenvalue weighted by molar-refractivity contribution is 0.768. The highest BCUT2D eigenvalue weighted by Crippen LogP contribution is 2.24. The van der Waals surface area contributed by atoms with Crippen LogP contribution in [0.25, 0.3) is 16.9 Å². The number of nitrogens with zero attached hydrogens (tertiary/aromatic N) is 6. The summed E-state index contributed by atoms with van der Waals surface area (Å²) in [5.74, 6) is 0.702. The lowest BCUT2D eigenvalue weighted by Gasteiger charge is -2.07. The zero-order chi connectivity index (χ0) is 15.8. The largest absolute Gasteiger partial charge is 0.337 e. The highest BCUT2D eigenvalue weighted by atomic mass is 15.2. The predicted molar refractivity (Wildman–Crippen MR) is 87.4 cm³/mol. The summed E-state index contributed by atoms with van der Waals surface area (Å²) in [6.45, 7) is 1.95. The Labute approximate surface area is 132 Å². The van der Waals surface area contributed by atoms with Gasteiger partial charge in [-0.1, -0.05) is 0 Å². The molecule has 7 heteroatoms. The van der Waals surface area contributed by atoms with E-state index in [2.05, 4.69) is 25.4 Å². The molecular weight excluding hydrogens is 290 g/mol. The standard InChI is InChI=1S/C16H15N7/c1-11-7-13(3-4-17-11)21-15-16-19-9-14(23(16)6-5-18-15)12-8-20-22(2)10-12/h3-10H,1-2H3,(H,17,18,21). The van der Waals surface area contributed by atoms with Crippen molar-refractivity contribution in [2.75, 3.05) is 5.32 Å². The highest BCUT2D eigenvalue weighted by Gasteiger charge is 2.11. The minimum Gasteiger partial charge on any atom is -0.337 e.